The van der Waals surface area contributed by atoms with E-state index < -0.39 is 0 Å². The van der Waals surface area contributed by atoms with Crippen molar-refractivity contribution in [3.05, 3.63) is 29.8 Å². The van der Waals surface area contributed by atoms with Gasteiger partial charge in [-0.05, 0) is 0 Å². The number of rotatable bonds is 2. The van der Waals surface area contributed by atoms with Crippen LogP contribution in [0.1, 0.15) is 5.56 Å². The van der Waals surface area contributed by atoms with Crippen LogP contribution in [0.5, 0.6) is 5.75 Å². The Balaban J connectivity index is 2.69. The van der Waals surface area contributed by atoms with Crippen LogP contribution in [-0.2, 0) is 22.4 Å². The van der Waals surface area contributed by atoms with E-state index in [1.54, 1.807) is 12.1 Å². The van der Waals surface area contributed by atoms with Crippen LogP contribution in [0.2, 0.25) is 5.32 Å². The second kappa shape index (κ2) is 3.65. The topological polar surface area (TPSA) is 20.2 Å². The Morgan fingerprint density at radius 1 is 1.20 bits per heavy atom. The van der Waals surface area contributed by atoms with Gasteiger partial charge in [-0.15, -0.1) is 0 Å². The molecule has 0 aliphatic heterocycles. The van der Waals surface area contributed by atoms with Crippen molar-refractivity contribution in [2.75, 3.05) is 0 Å². The standard InChI is InChI=1S/C8H9O.Cu/c1-2-7-3-5-8(9)6-4-7;/h3-6,9H,1-2H2;. The average Bonchev–Trinajstić information content (AvgIpc) is 1.95. The number of aryl methyl sites for hydroxylation is 1. The van der Waals surface area contributed by atoms with Crippen molar-refractivity contribution in [2.45, 2.75) is 11.7 Å². The van der Waals surface area contributed by atoms with Gasteiger partial charge < -0.3 is 0 Å². The van der Waals surface area contributed by atoms with Gasteiger partial charge in [0.05, 0.1) is 0 Å². The van der Waals surface area contributed by atoms with E-state index in [0.29, 0.717) is 5.75 Å². The number of hydrogen-bond acceptors (Lipinski definition) is 1. The van der Waals surface area contributed by atoms with Crippen LogP contribution in [0.3, 0.4) is 0 Å². The zero-order valence-corrected chi connectivity index (χ0v) is 6.41. The predicted octanol–water partition coefficient (Wildman–Crippen LogP) is 1.90. The Morgan fingerprint density at radius 3 is 2.30 bits per heavy atom. The Morgan fingerprint density at radius 2 is 1.80 bits per heavy atom. The minimum atomic E-state index is 0.311. The molecule has 2 heteroatoms. The van der Waals surface area contributed by atoms with Gasteiger partial charge in [-0.3, -0.25) is 0 Å². The quantitative estimate of drug-likeness (QED) is 0.697. The number of phenols is 1. The van der Waals surface area contributed by atoms with Gasteiger partial charge in [-0.1, -0.05) is 0 Å². The summed E-state index contributed by atoms with van der Waals surface area (Å²) in [4.78, 5) is 0. The van der Waals surface area contributed by atoms with E-state index in [1.165, 1.54) is 5.56 Å². The van der Waals surface area contributed by atoms with Gasteiger partial charge in [0.15, 0.2) is 0 Å². The van der Waals surface area contributed by atoms with Gasteiger partial charge in [0, 0.05) is 0 Å². The van der Waals surface area contributed by atoms with E-state index in [0.717, 1.165) is 11.7 Å². The maximum atomic E-state index is 8.90. The van der Waals surface area contributed by atoms with Gasteiger partial charge in [-0.2, -0.15) is 0 Å². The first-order valence-electron chi connectivity index (χ1n) is 3.11. The average molecular weight is 185 g/mol. The molecular weight excluding hydrogens is 176 g/mol. The maximum absolute atomic E-state index is 8.90. The molecule has 10 heavy (non-hydrogen) atoms. The Hall–Kier alpha value is -0.461. The summed E-state index contributed by atoms with van der Waals surface area (Å²) in [6, 6.07) is 7.13. The van der Waals surface area contributed by atoms with Crippen LogP contribution in [0, 0.1) is 0 Å². The van der Waals surface area contributed by atoms with Gasteiger partial charge in [0.1, 0.15) is 0 Å². The molecule has 0 unspecified atom stereocenters. The summed E-state index contributed by atoms with van der Waals surface area (Å²) in [5, 5.41) is 9.62. The second-order valence-corrected chi connectivity index (χ2v) is 2.54. The Kier molecular flexibility index (Phi) is 2.79. The van der Waals surface area contributed by atoms with Crippen LogP contribution in [0.15, 0.2) is 24.3 Å². The molecule has 0 spiro atoms. The van der Waals surface area contributed by atoms with Gasteiger partial charge in [0.25, 0.3) is 0 Å². The molecule has 0 aromatic heterocycles. The number of phenolic OH excluding ortho intramolecular Hbond substituents is 1. The van der Waals surface area contributed by atoms with Crippen LogP contribution in [0.25, 0.3) is 0 Å². The third-order valence-electron chi connectivity index (χ3n) is 1.30. The fraction of sp³-hybridized carbons (Fsp3) is 0.250. The molecule has 1 aromatic rings. The molecule has 0 heterocycles. The summed E-state index contributed by atoms with van der Waals surface area (Å²) < 4.78 is 0. The van der Waals surface area contributed by atoms with E-state index >= 15 is 0 Å². The monoisotopic (exact) mass is 184 g/mol. The molecule has 1 nitrogen and oxygen atoms in total. The van der Waals surface area contributed by atoms with Crippen molar-refractivity contribution in [2.24, 2.45) is 0 Å². The molecule has 0 aliphatic rings. The molecule has 0 aliphatic carbocycles. The summed E-state index contributed by atoms with van der Waals surface area (Å²) in [6.45, 7) is 0. The van der Waals surface area contributed by atoms with E-state index in [9.17, 15) is 0 Å². The first-order chi connectivity index (χ1) is 4.83. The van der Waals surface area contributed by atoms with Gasteiger partial charge in [-0.25, -0.2) is 0 Å². The van der Waals surface area contributed by atoms with Crippen LogP contribution in [0.4, 0.5) is 0 Å². The van der Waals surface area contributed by atoms with Crippen LogP contribution < -0.4 is 0 Å². The van der Waals surface area contributed by atoms with E-state index in [1.807, 2.05) is 12.1 Å². The summed E-state index contributed by atoms with van der Waals surface area (Å²) in [7, 11) is 0. The van der Waals surface area contributed by atoms with E-state index in [2.05, 4.69) is 0 Å². The van der Waals surface area contributed by atoms with Crippen LogP contribution in [-0.4, -0.2) is 5.11 Å². The molecular formula is C8H9CuO. The Labute approximate surface area is 68.9 Å². The summed E-state index contributed by atoms with van der Waals surface area (Å²) in [6.07, 6.45) is 0.903. The molecule has 1 N–H and O–H groups in total. The van der Waals surface area contributed by atoms with E-state index in [-0.39, 0.29) is 0 Å². The van der Waals surface area contributed by atoms with Crippen LogP contribution >= 0.6 is 0 Å². The fourth-order valence-corrected chi connectivity index (χ4v) is 1.02. The summed E-state index contributed by atoms with van der Waals surface area (Å²) in [5.74, 6) is 0.311. The van der Waals surface area contributed by atoms with Crippen molar-refractivity contribution in [3.8, 4) is 5.75 Å². The number of aromatic hydroxyl groups is 1. The summed E-state index contributed by atoms with van der Waals surface area (Å²) in [5.41, 5.74) is 1.18. The molecule has 1 aromatic carbocycles. The zero-order chi connectivity index (χ0) is 7.40. The third-order valence-corrected chi connectivity index (χ3v) is 1.54. The first kappa shape index (κ1) is 7.64. The zero-order valence-electron chi connectivity index (χ0n) is 5.47. The molecule has 0 radical (unpaired) electrons. The van der Waals surface area contributed by atoms with Crippen molar-refractivity contribution in [1.82, 2.24) is 0 Å². The summed E-state index contributed by atoms with van der Waals surface area (Å²) >= 11 is 4.94. The molecule has 0 saturated heterocycles. The minimum absolute atomic E-state index is 0.311. The normalized spacial score (nSPS) is 9.80. The predicted molar refractivity (Wildman–Crippen MR) is 36.6 cm³/mol. The molecule has 0 saturated carbocycles. The van der Waals surface area contributed by atoms with Crippen molar-refractivity contribution in [3.63, 3.8) is 0 Å². The molecule has 0 amide bonds. The number of benzene rings is 1. The van der Waals surface area contributed by atoms with Crippen molar-refractivity contribution in [1.29, 1.82) is 0 Å². The molecule has 58 valence electrons. The molecule has 1 rings (SSSR count). The number of hydrogen-bond donors (Lipinski definition) is 1. The second-order valence-electron chi connectivity index (χ2n) is 2.07. The molecule has 0 bridgehead atoms. The Bertz CT molecular complexity index is 193. The van der Waals surface area contributed by atoms with Crippen molar-refractivity contribution < 1.29 is 21.1 Å². The SMILES string of the molecule is Oc1ccc(C[CH2][Cu])cc1. The molecule has 0 atom stereocenters. The van der Waals surface area contributed by atoms with Gasteiger partial charge >= 0.3 is 68.4 Å². The van der Waals surface area contributed by atoms with E-state index in [4.69, 9.17) is 21.1 Å². The van der Waals surface area contributed by atoms with Crippen molar-refractivity contribution >= 4 is 0 Å². The third kappa shape index (κ3) is 2.05. The first-order valence-corrected chi connectivity index (χ1v) is 3.78. The van der Waals surface area contributed by atoms with Gasteiger partial charge in [0.2, 0.25) is 0 Å². The fourth-order valence-electron chi connectivity index (χ4n) is 0.750. The molecule has 0 fully saturated rings.